The molecule has 1 aliphatic heterocycles. The monoisotopic (exact) mass is 351 g/mol. The van der Waals surface area contributed by atoms with E-state index in [9.17, 15) is 4.79 Å². The maximum absolute atomic E-state index is 12.5. The predicted molar refractivity (Wildman–Crippen MR) is 101 cm³/mol. The van der Waals surface area contributed by atoms with Crippen molar-refractivity contribution in [2.45, 2.75) is 43.8 Å². The van der Waals surface area contributed by atoms with Gasteiger partial charge in [-0.3, -0.25) is 4.79 Å². The first kappa shape index (κ1) is 15.4. The topological polar surface area (TPSA) is 31.2 Å². The summed E-state index contributed by atoms with van der Waals surface area (Å²) in [4.78, 5) is 14.0. The smallest absolute Gasteiger partial charge is 0.251 e. The second-order valence-electron chi connectivity index (χ2n) is 7.20. The lowest BCUT2D eigenvalue weighted by atomic mass is 9.80. The number of hydrogen-bond donors (Lipinski definition) is 0. The molecule has 0 radical (unpaired) electrons. The molecule has 0 unspecified atom stereocenters. The van der Waals surface area contributed by atoms with Gasteiger partial charge in [0, 0.05) is 34.9 Å². The van der Waals surface area contributed by atoms with Gasteiger partial charge in [-0.2, -0.15) is 0 Å². The van der Waals surface area contributed by atoms with Gasteiger partial charge in [-0.15, -0.1) is 11.3 Å². The molecule has 0 spiro atoms. The van der Waals surface area contributed by atoms with Crippen molar-refractivity contribution in [3.8, 4) is 0 Å². The molecule has 4 heteroatoms. The average Bonchev–Trinajstić information content (AvgIpc) is 3.14. The maximum atomic E-state index is 12.5. The van der Waals surface area contributed by atoms with Crippen LogP contribution in [0.25, 0.3) is 10.9 Å². The predicted octanol–water partition coefficient (Wildman–Crippen LogP) is 4.75. The normalized spacial score (nSPS) is 25.6. The second kappa shape index (κ2) is 5.82. The highest BCUT2D eigenvalue weighted by Gasteiger charge is 2.39. The highest BCUT2D eigenvalue weighted by Crippen LogP contribution is 2.49. The van der Waals surface area contributed by atoms with Crippen molar-refractivity contribution >= 4 is 22.2 Å². The molecule has 0 amide bonds. The molecule has 0 bridgehead atoms. The van der Waals surface area contributed by atoms with Gasteiger partial charge in [0.25, 0.3) is 5.56 Å². The molecular weight excluding hydrogens is 330 g/mol. The van der Waals surface area contributed by atoms with Gasteiger partial charge in [0.2, 0.25) is 0 Å². The Balaban J connectivity index is 1.73. The molecule has 2 aliphatic rings. The molecule has 25 heavy (non-hydrogen) atoms. The Morgan fingerprint density at radius 3 is 2.88 bits per heavy atom. The van der Waals surface area contributed by atoms with E-state index in [2.05, 4.69) is 17.5 Å². The number of aromatic nitrogens is 1. The van der Waals surface area contributed by atoms with Gasteiger partial charge in [0.05, 0.1) is 11.6 Å². The van der Waals surface area contributed by atoms with Crippen molar-refractivity contribution in [1.29, 1.82) is 0 Å². The lowest BCUT2D eigenvalue weighted by molar-refractivity contribution is -0.0368. The van der Waals surface area contributed by atoms with Gasteiger partial charge in [-0.25, -0.2) is 0 Å². The molecule has 0 N–H and O–H groups in total. The van der Waals surface area contributed by atoms with Gasteiger partial charge in [0.15, 0.2) is 0 Å². The van der Waals surface area contributed by atoms with Crippen molar-refractivity contribution in [2.75, 3.05) is 0 Å². The lowest BCUT2D eigenvalue weighted by Crippen LogP contribution is -2.33. The summed E-state index contributed by atoms with van der Waals surface area (Å²) in [5.74, 6) is 0.540. The van der Waals surface area contributed by atoms with Crippen LogP contribution in [-0.4, -0.2) is 10.7 Å². The number of rotatable bonds is 1. The Bertz CT molecular complexity index is 1000. The third-order valence-electron chi connectivity index (χ3n) is 5.83. The highest BCUT2D eigenvalue weighted by molar-refractivity contribution is 7.10. The van der Waals surface area contributed by atoms with E-state index in [1.807, 2.05) is 36.6 Å². The molecule has 1 fully saturated rings. The fourth-order valence-electron chi connectivity index (χ4n) is 4.55. The van der Waals surface area contributed by atoms with Gasteiger partial charge in [0.1, 0.15) is 6.10 Å². The van der Waals surface area contributed by atoms with Gasteiger partial charge >= 0.3 is 0 Å². The van der Waals surface area contributed by atoms with E-state index >= 15 is 0 Å². The summed E-state index contributed by atoms with van der Waals surface area (Å²) in [6.07, 6.45) is 5.05. The van der Waals surface area contributed by atoms with E-state index in [0.29, 0.717) is 5.92 Å². The number of hydrogen-bond acceptors (Lipinski definition) is 3. The third kappa shape index (κ3) is 2.31. The summed E-state index contributed by atoms with van der Waals surface area (Å²) in [5.41, 5.74) is 3.28. The Hall–Kier alpha value is -1.91. The van der Waals surface area contributed by atoms with Crippen LogP contribution in [0.1, 0.15) is 53.7 Å². The molecule has 3 atom stereocenters. The van der Waals surface area contributed by atoms with Gasteiger partial charge in [-0.05, 0) is 35.9 Å². The summed E-state index contributed by atoms with van der Waals surface area (Å²) in [5, 5.41) is 3.29. The first-order valence-electron chi connectivity index (χ1n) is 9.05. The first-order valence-corrected chi connectivity index (χ1v) is 9.93. The number of fused-ring (bicyclic) bond motifs is 4. The van der Waals surface area contributed by atoms with E-state index in [1.54, 1.807) is 10.6 Å². The zero-order valence-corrected chi connectivity index (χ0v) is 15.1. The number of para-hydroxylation sites is 1. The number of aryl methyl sites for hydroxylation is 1. The fourth-order valence-corrected chi connectivity index (χ4v) is 5.67. The van der Waals surface area contributed by atoms with Crippen LogP contribution in [0.3, 0.4) is 0 Å². The molecule has 3 heterocycles. The summed E-state index contributed by atoms with van der Waals surface area (Å²) in [7, 11) is 1.84. The van der Waals surface area contributed by atoms with Crippen LogP contribution in [0, 0.1) is 0 Å². The van der Waals surface area contributed by atoms with Crippen LogP contribution in [0.15, 0.2) is 46.6 Å². The number of benzene rings is 1. The number of nitrogens with zero attached hydrogens (tertiary/aromatic N) is 1. The molecule has 3 nitrogen and oxygen atoms in total. The first-order chi connectivity index (χ1) is 12.2. The van der Waals surface area contributed by atoms with Crippen LogP contribution in [0.4, 0.5) is 0 Å². The number of thiophene rings is 1. The largest absolute Gasteiger partial charge is 0.365 e. The van der Waals surface area contributed by atoms with Crippen LogP contribution in [0.5, 0.6) is 0 Å². The molecular formula is C21H21NO2S. The van der Waals surface area contributed by atoms with Crippen LogP contribution in [-0.2, 0) is 11.8 Å². The van der Waals surface area contributed by atoms with E-state index in [4.69, 9.17) is 4.74 Å². The molecule has 5 rings (SSSR count). The summed E-state index contributed by atoms with van der Waals surface area (Å²) < 4.78 is 8.34. The minimum Gasteiger partial charge on any atom is -0.365 e. The Morgan fingerprint density at radius 1 is 1.12 bits per heavy atom. The SMILES string of the molecule is Cn1c(=O)cc([C@@H]2O[C@H]3CCCC[C@@H]3c3sccc32)c2ccccc21. The van der Waals surface area contributed by atoms with E-state index in [1.165, 1.54) is 29.7 Å². The van der Waals surface area contributed by atoms with Gasteiger partial charge < -0.3 is 9.30 Å². The number of ether oxygens (including phenoxy) is 1. The molecule has 2 aromatic heterocycles. The summed E-state index contributed by atoms with van der Waals surface area (Å²) in [6, 6.07) is 12.1. The summed E-state index contributed by atoms with van der Waals surface area (Å²) >= 11 is 1.86. The van der Waals surface area contributed by atoms with Crippen molar-refractivity contribution < 1.29 is 4.74 Å². The fraction of sp³-hybridized carbons (Fsp3) is 0.381. The van der Waals surface area contributed by atoms with E-state index in [-0.39, 0.29) is 17.8 Å². The van der Waals surface area contributed by atoms with E-state index < -0.39 is 0 Å². The molecule has 1 aliphatic carbocycles. The average molecular weight is 351 g/mol. The highest BCUT2D eigenvalue weighted by atomic mass is 32.1. The quantitative estimate of drug-likeness (QED) is 0.634. The maximum Gasteiger partial charge on any atom is 0.251 e. The van der Waals surface area contributed by atoms with Crippen LogP contribution in [0.2, 0.25) is 0 Å². The zero-order valence-electron chi connectivity index (χ0n) is 14.3. The van der Waals surface area contributed by atoms with Gasteiger partial charge in [-0.1, -0.05) is 31.0 Å². The minimum absolute atomic E-state index is 0.0276. The standard InChI is InChI=1S/C21H21NO2S/c1-22-17-8-4-2-6-13(17)16(12-19(22)23)20-15-10-11-25-21(15)14-7-3-5-9-18(14)24-20/h2,4,6,8,10-12,14,18,20H,3,5,7,9H2,1H3/t14-,18-,20+/m0/s1. The lowest BCUT2D eigenvalue weighted by Gasteiger charge is -2.39. The van der Waals surface area contributed by atoms with Crippen molar-refractivity contribution in [3.63, 3.8) is 0 Å². The molecule has 3 aromatic rings. The molecule has 128 valence electrons. The Labute approximate surface area is 150 Å². The van der Waals surface area contributed by atoms with Crippen LogP contribution >= 0.6 is 11.3 Å². The molecule has 1 saturated carbocycles. The van der Waals surface area contributed by atoms with Crippen LogP contribution < -0.4 is 5.56 Å². The Morgan fingerprint density at radius 2 is 1.96 bits per heavy atom. The number of pyridine rings is 1. The second-order valence-corrected chi connectivity index (χ2v) is 8.15. The zero-order chi connectivity index (χ0) is 17.0. The van der Waals surface area contributed by atoms with Crippen molar-refractivity contribution in [2.24, 2.45) is 7.05 Å². The van der Waals surface area contributed by atoms with Crippen molar-refractivity contribution in [1.82, 2.24) is 4.57 Å². The molecule has 0 saturated heterocycles. The minimum atomic E-state index is -0.126. The summed E-state index contributed by atoms with van der Waals surface area (Å²) in [6.45, 7) is 0. The molecule has 1 aromatic carbocycles. The third-order valence-corrected chi connectivity index (χ3v) is 6.89. The van der Waals surface area contributed by atoms with Crippen molar-refractivity contribution in [3.05, 3.63) is 68.1 Å². The van der Waals surface area contributed by atoms with E-state index in [0.717, 1.165) is 22.9 Å². The Kier molecular flexibility index (Phi) is 3.57.